The summed E-state index contributed by atoms with van der Waals surface area (Å²) < 4.78 is 16.3. The molecule has 78 valence electrons. The van der Waals surface area contributed by atoms with Crippen LogP contribution in [0.5, 0.6) is 0 Å². The van der Waals surface area contributed by atoms with Gasteiger partial charge in [-0.25, -0.2) is 0 Å². The van der Waals surface area contributed by atoms with Gasteiger partial charge in [-0.3, -0.25) is 4.57 Å². The summed E-state index contributed by atoms with van der Waals surface area (Å²) in [6.45, 7) is 2.64. The van der Waals surface area contributed by atoms with E-state index < -0.39 is 8.03 Å². The Hall–Kier alpha value is 0.190. The fourth-order valence-corrected chi connectivity index (χ4v) is 2.47. The smallest absolute Gasteiger partial charge is 0.191 e. The summed E-state index contributed by atoms with van der Waals surface area (Å²) in [6, 6.07) is 0. The highest BCUT2D eigenvalue weighted by molar-refractivity contribution is 7.39. The van der Waals surface area contributed by atoms with E-state index in [-0.39, 0.29) is 0 Å². The topological polar surface area (TPSA) is 26.3 Å². The minimum Gasteiger partial charge on any atom is -0.330 e. The van der Waals surface area contributed by atoms with Crippen LogP contribution >= 0.6 is 8.03 Å². The van der Waals surface area contributed by atoms with Crippen LogP contribution in [0.4, 0.5) is 0 Å². The number of hydrogen-bond acceptors (Lipinski definition) is 2. The van der Waals surface area contributed by atoms with E-state index in [1.807, 2.05) is 6.92 Å². The van der Waals surface area contributed by atoms with Crippen molar-refractivity contribution < 1.29 is 9.09 Å². The highest BCUT2D eigenvalue weighted by Gasteiger charge is 2.12. The molecule has 0 heterocycles. The van der Waals surface area contributed by atoms with Gasteiger partial charge in [0.1, 0.15) is 0 Å². The average molecular weight is 204 g/mol. The van der Waals surface area contributed by atoms with Gasteiger partial charge in [0.25, 0.3) is 0 Å². The molecule has 1 saturated carbocycles. The van der Waals surface area contributed by atoms with Gasteiger partial charge >= 0.3 is 0 Å². The largest absolute Gasteiger partial charge is 0.330 e. The van der Waals surface area contributed by atoms with Crippen molar-refractivity contribution in [3.63, 3.8) is 0 Å². The molecule has 1 aliphatic rings. The second-order valence-corrected chi connectivity index (χ2v) is 5.61. The summed E-state index contributed by atoms with van der Waals surface area (Å²) in [5.74, 6) is 0.848. The van der Waals surface area contributed by atoms with Gasteiger partial charge in [0.05, 0.1) is 6.61 Å². The highest BCUT2D eigenvalue weighted by Crippen LogP contribution is 2.28. The van der Waals surface area contributed by atoms with Gasteiger partial charge in [-0.1, -0.05) is 39.0 Å². The SMILES string of the molecule is CC[PH](=O)OCCC1CCCCC1. The first-order valence-electron chi connectivity index (χ1n) is 5.48. The lowest BCUT2D eigenvalue weighted by molar-refractivity contribution is 0.254. The molecule has 1 atom stereocenters. The third-order valence-electron chi connectivity index (χ3n) is 2.80. The van der Waals surface area contributed by atoms with Crippen LogP contribution in [-0.4, -0.2) is 12.8 Å². The Balaban J connectivity index is 2.01. The Morgan fingerprint density at radius 2 is 2.00 bits per heavy atom. The summed E-state index contributed by atoms with van der Waals surface area (Å²) in [7, 11) is -1.68. The molecule has 0 aromatic heterocycles. The third-order valence-corrected chi connectivity index (χ3v) is 3.91. The van der Waals surface area contributed by atoms with Crippen molar-refractivity contribution in [2.24, 2.45) is 5.92 Å². The van der Waals surface area contributed by atoms with Gasteiger partial charge in [-0.05, 0) is 12.3 Å². The molecule has 0 spiro atoms. The lowest BCUT2D eigenvalue weighted by Gasteiger charge is -2.20. The van der Waals surface area contributed by atoms with Crippen molar-refractivity contribution in [1.29, 1.82) is 0 Å². The predicted molar refractivity (Wildman–Crippen MR) is 56.7 cm³/mol. The summed E-state index contributed by atoms with van der Waals surface area (Å²) in [5.41, 5.74) is 0. The molecule has 0 aromatic rings. The van der Waals surface area contributed by atoms with E-state index >= 15 is 0 Å². The fraction of sp³-hybridized carbons (Fsp3) is 1.00. The molecule has 1 fully saturated rings. The van der Waals surface area contributed by atoms with Gasteiger partial charge in [0.15, 0.2) is 8.03 Å². The average Bonchev–Trinajstić information content (AvgIpc) is 2.19. The van der Waals surface area contributed by atoms with E-state index in [4.69, 9.17) is 4.52 Å². The number of hydrogen-bond donors (Lipinski definition) is 0. The van der Waals surface area contributed by atoms with Crippen molar-refractivity contribution >= 4 is 8.03 Å². The van der Waals surface area contributed by atoms with Crippen molar-refractivity contribution in [3.05, 3.63) is 0 Å². The minimum absolute atomic E-state index is 0.690. The second kappa shape index (κ2) is 6.62. The Labute approximate surface area is 81.9 Å². The Bertz CT molecular complexity index is 153. The molecule has 0 aliphatic heterocycles. The highest BCUT2D eigenvalue weighted by atomic mass is 31.1. The van der Waals surface area contributed by atoms with Crippen LogP contribution in [0.1, 0.15) is 45.4 Å². The quantitative estimate of drug-likeness (QED) is 0.641. The third kappa shape index (κ3) is 4.83. The normalized spacial score (nSPS) is 21.6. The second-order valence-electron chi connectivity index (χ2n) is 3.87. The molecule has 0 N–H and O–H groups in total. The first-order chi connectivity index (χ1) is 6.33. The monoisotopic (exact) mass is 204 g/mol. The van der Waals surface area contributed by atoms with Gasteiger partial charge in [-0.2, -0.15) is 0 Å². The molecule has 0 radical (unpaired) electrons. The van der Waals surface area contributed by atoms with Gasteiger partial charge in [0.2, 0.25) is 0 Å². The number of rotatable bonds is 5. The van der Waals surface area contributed by atoms with E-state index in [9.17, 15) is 4.57 Å². The molecular weight excluding hydrogens is 183 g/mol. The van der Waals surface area contributed by atoms with Crippen molar-refractivity contribution in [2.45, 2.75) is 45.4 Å². The maximum absolute atomic E-state index is 11.0. The molecule has 0 bridgehead atoms. The first-order valence-corrected chi connectivity index (χ1v) is 7.01. The van der Waals surface area contributed by atoms with Gasteiger partial charge in [0, 0.05) is 6.16 Å². The van der Waals surface area contributed by atoms with Gasteiger partial charge < -0.3 is 4.52 Å². The van der Waals surface area contributed by atoms with Crippen LogP contribution in [0.2, 0.25) is 0 Å². The summed E-state index contributed by atoms with van der Waals surface area (Å²) >= 11 is 0. The van der Waals surface area contributed by atoms with E-state index in [1.165, 1.54) is 32.1 Å². The van der Waals surface area contributed by atoms with Crippen molar-refractivity contribution in [2.75, 3.05) is 12.8 Å². The lowest BCUT2D eigenvalue weighted by atomic mass is 9.87. The zero-order valence-corrected chi connectivity index (χ0v) is 9.55. The molecule has 1 aliphatic carbocycles. The zero-order chi connectivity index (χ0) is 9.52. The maximum Gasteiger partial charge on any atom is 0.191 e. The Morgan fingerprint density at radius 3 is 2.62 bits per heavy atom. The molecular formula is C10H21O2P. The van der Waals surface area contributed by atoms with E-state index in [0.29, 0.717) is 6.16 Å². The lowest BCUT2D eigenvalue weighted by Crippen LogP contribution is -2.08. The van der Waals surface area contributed by atoms with Crippen LogP contribution in [0.3, 0.4) is 0 Å². The van der Waals surface area contributed by atoms with E-state index in [2.05, 4.69) is 0 Å². The van der Waals surface area contributed by atoms with E-state index in [1.54, 1.807) is 0 Å². The van der Waals surface area contributed by atoms with Crippen LogP contribution in [0, 0.1) is 5.92 Å². The maximum atomic E-state index is 11.0. The first kappa shape index (κ1) is 11.3. The van der Waals surface area contributed by atoms with Gasteiger partial charge in [-0.15, -0.1) is 0 Å². The van der Waals surface area contributed by atoms with Crippen LogP contribution in [-0.2, 0) is 9.09 Å². The molecule has 2 nitrogen and oxygen atoms in total. The van der Waals surface area contributed by atoms with E-state index in [0.717, 1.165) is 18.9 Å². The molecule has 1 unspecified atom stereocenters. The summed E-state index contributed by atoms with van der Waals surface area (Å²) in [5, 5.41) is 0. The molecule has 13 heavy (non-hydrogen) atoms. The minimum atomic E-state index is -1.68. The molecule has 3 heteroatoms. The van der Waals surface area contributed by atoms with Crippen LogP contribution in [0.25, 0.3) is 0 Å². The fourth-order valence-electron chi connectivity index (χ4n) is 1.92. The molecule has 1 rings (SSSR count). The van der Waals surface area contributed by atoms with Crippen molar-refractivity contribution in [1.82, 2.24) is 0 Å². The van der Waals surface area contributed by atoms with Crippen LogP contribution in [0.15, 0.2) is 0 Å². The molecule has 0 saturated heterocycles. The standard InChI is InChI=1S/C10H21O2P/c1-2-13(11)12-9-8-10-6-4-3-5-7-10/h10,13H,2-9H2,1H3. The summed E-state index contributed by atoms with van der Waals surface area (Å²) in [4.78, 5) is 0. The van der Waals surface area contributed by atoms with Crippen LogP contribution < -0.4 is 0 Å². The Kier molecular flexibility index (Phi) is 5.73. The summed E-state index contributed by atoms with van der Waals surface area (Å²) in [6.07, 6.45) is 8.70. The predicted octanol–water partition coefficient (Wildman–Crippen LogP) is 3.47. The Morgan fingerprint density at radius 1 is 1.31 bits per heavy atom. The van der Waals surface area contributed by atoms with Crippen molar-refractivity contribution in [3.8, 4) is 0 Å². The molecule has 0 aromatic carbocycles. The zero-order valence-electron chi connectivity index (χ0n) is 8.55. The molecule has 0 amide bonds.